The number of likely N-dealkylation sites (tertiary alicyclic amines) is 1. The number of ether oxygens (including phenoxy) is 2. The second kappa shape index (κ2) is 13.3. The zero-order valence-corrected chi connectivity index (χ0v) is 22.0. The van der Waals surface area contributed by atoms with Crippen LogP contribution in [0, 0.1) is 5.92 Å². The highest BCUT2D eigenvalue weighted by Gasteiger charge is 2.34. The molecule has 8 heteroatoms. The second-order valence-electron chi connectivity index (χ2n) is 8.62. The standard InChI is InChI=1S/C24H38N4O3.HI/c1-4-25-23(28-14-10-21(11-15-28)22(29)30-3)26-18-24(12-16-31-17-13-24)27-19(2)20-8-6-5-7-9-20;/h5-9,19,21,27H,4,10-18H2,1-3H3,(H,25,26);1H. The first kappa shape index (κ1) is 26.9. The molecular formula is C24H39IN4O3. The summed E-state index contributed by atoms with van der Waals surface area (Å²) in [6.45, 7) is 8.98. The van der Waals surface area contributed by atoms with Crippen LogP contribution < -0.4 is 10.6 Å². The van der Waals surface area contributed by atoms with Crippen molar-refractivity contribution in [3.05, 3.63) is 35.9 Å². The Morgan fingerprint density at radius 2 is 1.91 bits per heavy atom. The zero-order valence-electron chi connectivity index (χ0n) is 19.6. The van der Waals surface area contributed by atoms with Gasteiger partial charge in [-0.2, -0.15) is 0 Å². The van der Waals surface area contributed by atoms with Crippen LogP contribution in [0.2, 0.25) is 0 Å². The molecule has 1 aromatic carbocycles. The summed E-state index contributed by atoms with van der Waals surface area (Å²) >= 11 is 0. The molecule has 0 aliphatic carbocycles. The molecule has 0 aromatic heterocycles. The van der Waals surface area contributed by atoms with E-state index in [1.165, 1.54) is 12.7 Å². The average Bonchev–Trinajstić information content (AvgIpc) is 2.82. The molecule has 2 heterocycles. The number of nitrogens with one attached hydrogen (secondary N) is 2. The summed E-state index contributed by atoms with van der Waals surface area (Å²) in [7, 11) is 1.47. The fourth-order valence-electron chi connectivity index (χ4n) is 4.54. The molecule has 2 saturated heterocycles. The highest BCUT2D eigenvalue weighted by Crippen LogP contribution is 2.26. The summed E-state index contributed by atoms with van der Waals surface area (Å²) in [5.74, 6) is 0.840. The molecule has 0 bridgehead atoms. The number of guanidine groups is 1. The van der Waals surface area contributed by atoms with Crippen molar-refractivity contribution in [1.82, 2.24) is 15.5 Å². The maximum atomic E-state index is 11.9. The van der Waals surface area contributed by atoms with Crippen LogP contribution in [-0.4, -0.2) is 68.9 Å². The van der Waals surface area contributed by atoms with Gasteiger partial charge in [0.15, 0.2) is 5.96 Å². The Balaban J connectivity index is 0.00000363. The van der Waals surface area contributed by atoms with Gasteiger partial charge in [0.1, 0.15) is 0 Å². The van der Waals surface area contributed by atoms with Crippen molar-refractivity contribution in [1.29, 1.82) is 0 Å². The van der Waals surface area contributed by atoms with E-state index in [2.05, 4.69) is 59.7 Å². The third-order valence-corrected chi connectivity index (χ3v) is 6.47. The van der Waals surface area contributed by atoms with Gasteiger partial charge in [-0.1, -0.05) is 30.3 Å². The van der Waals surface area contributed by atoms with Crippen molar-refractivity contribution in [2.75, 3.05) is 46.5 Å². The van der Waals surface area contributed by atoms with Gasteiger partial charge in [0.25, 0.3) is 0 Å². The summed E-state index contributed by atoms with van der Waals surface area (Å²) in [5, 5.41) is 7.34. The highest BCUT2D eigenvalue weighted by molar-refractivity contribution is 14.0. The van der Waals surface area contributed by atoms with Gasteiger partial charge in [-0.15, -0.1) is 24.0 Å². The second-order valence-corrected chi connectivity index (χ2v) is 8.62. The maximum Gasteiger partial charge on any atom is 0.308 e. The number of carbonyl (C=O) groups excluding carboxylic acids is 1. The number of carbonyl (C=O) groups is 1. The summed E-state index contributed by atoms with van der Waals surface area (Å²) < 4.78 is 10.6. The summed E-state index contributed by atoms with van der Waals surface area (Å²) in [6, 6.07) is 10.8. The molecule has 0 amide bonds. The lowest BCUT2D eigenvalue weighted by Gasteiger charge is -2.40. The van der Waals surface area contributed by atoms with Crippen molar-refractivity contribution in [3.8, 4) is 0 Å². The maximum absolute atomic E-state index is 11.9. The normalized spacial score (nSPS) is 20.2. The minimum Gasteiger partial charge on any atom is -0.469 e. The number of benzene rings is 1. The number of hydrogen-bond donors (Lipinski definition) is 2. The molecule has 1 atom stereocenters. The Labute approximate surface area is 209 Å². The third-order valence-electron chi connectivity index (χ3n) is 6.47. The zero-order chi connectivity index (χ0) is 22.1. The van der Waals surface area contributed by atoms with Crippen LogP contribution in [0.3, 0.4) is 0 Å². The minimum atomic E-state index is -0.0955. The molecule has 180 valence electrons. The minimum absolute atomic E-state index is 0. The van der Waals surface area contributed by atoms with Crippen molar-refractivity contribution in [2.24, 2.45) is 10.9 Å². The van der Waals surface area contributed by atoms with Crippen LogP contribution in [0.4, 0.5) is 0 Å². The molecule has 32 heavy (non-hydrogen) atoms. The van der Waals surface area contributed by atoms with Gasteiger partial charge in [0.05, 0.1) is 19.6 Å². The average molecular weight is 559 g/mol. The van der Waals surface area contributed by atoms with Crippen LogP contribution in [0.15, 0.2) is 35.3 Å². The van der Waals surface area contributed by atoms with Gasteiger partial charge < -0.3 is 25.0 Å². The topological polar surface area (TPSA) is 75.2 Å². The van der Waals surface area contributed by atoms with Gasteiger partial charge >= 0.3 is 5.97 Å². The number of halogens is 1. The molecule has 0 radical (unpaired) electrons. The van der Waals surface area contributed by atoms with E-state index in [9.17, 15) is 4.79 Å². The van der Waals surface area contributed by atoms with E-state index in [0.29, 0.717) is 6.54 Å². The summed E-state index contributed by atoms with van der Waals surface area (Å²) in [4.78, 5) is 19.2. The number of methoxy groups -OCH3 is 1. The fraction of sp³-hybridized carbons (Fsp3) is 0.667. The van der Waals surface area contributed by atoms with Crippen molar-refractivity contribution >= 4 is 35.9 Å². The molecular weight excluding hydrogens is 519 g/mol. The molecule has 1 aromatic rings. The number of piperidine rings is 1. The fourth-order valence-corrected chi connectivity index (χ4v) is 4.54. The molecule has 0 spiro atoms. The summed E-state index contributed by atoms with van der Waals surface area (Å²) in [6.07, 6.45) is 3.49. The van der Waals surface area contributed by atoms with Crippen molar-refractivity contribution in [2.45, 2.75) is 51.1 Å². The van der Waals surface area contributed by atoms with E-state index in [-0.39, 0.29) is 47.4 Å². The number of hydrogen-bond acceptors (Lipinski definition) is 5. The Hall–Kier alpha value is -1.39. The van der Waals surface area contributed by atoms with E-state index < -0.39 is 0 Å². The van der Waals surface area contributed by atoms with Crippen molar-refractivity contribution in [3.63, 3.8) is 0 Å². The van der Waals surface area contributed by atoms with Gasteiger partial charge in [-0.05, 0) is 45.1 Å². The predicted octanol–water partition coefficient (Wildman–Crippen LogP) is 3.35. The van der Waals surface area contributed by atoms with Crippen LogP contribution in [0.25, 0.3) is 0 Å². The molecule has 2 aliphatic heterocycles. The lowest BCUT2D eigenvalue weighted by Crippen LogP contribution is -2.54. The molecule has 2 fully saturated rings. The Morgan fingerprint density at radius 3 is 2.50 bits per heavy atom. The smallest absolute Gasteiger partial charge is 0.308 e. The SMILES string of the molecule is CCNC(=NCC1(NC(C)c2ccccc2)CCOCC1)N1CCC(C(=O)OC)CC1.I. The van der Waals surface area contributed by atoms with Gasteiger partial charge in [-0.3, -0.25) is 9.79 Å². The molecule has 1 unspecified atom stereocenters. The van der Waals surface area contributed by atoms with Gasteiger partial charge in [0, 0.05) is 44.4 Å². The van der Waals surface area contributed by atoms with E-state index >= 15 is 0 Å². The Kier molecular flexibility index (Phi) is 11.2. The largest absolute Gasteiger partial charge is 0.469 e. The van der Waals surface area contributed by atoms with E-state index in [4.69, 9.17) is 14.5 Å². The molecule has 2 N–H and O–H groups in total. The predicted molar refractivity (Wildman–Crippen MR) is 138 cm³/mol. The van der Waals surface area contributed by atoms with E-state index in [0.717, 1.165) is 64.5 Å². The first-order valence-electron chi connectivity index (χ1n) is 11.6. The molecule has 2 aliphatic rings. The van der Waals surface area contributed by atoms with Crippen LogP contribution in [0.1, 0.15) is 51.1 Å². The first-order valence-corrected chi connectivity index (χ1v) is 11.6. The Bertz CT molecular complexity index is 717. The molecule has 3 rings (SSSR count). The van der Waals surface area contributed by atoms with E-state index in [1.807, 2.05) is 0 Å². The third kappa shape index (κ3) is 7.31. The Morgan fingerprint density at radius 1 is 1.25 bits per heavy atom. The van der Waals surface area contributed by atoms with Crippen LogP contribution >= 0.6 is 24.0 Å². The summed E-state index contributed by atoms with van der Waals surface area (Å²) in [5.41, 5.74) is 1.20. The van der Waals surface area contributed by atoms with Crippen LogP contribution in [0.5, 0.6) is 0 Å². The number of rotatable bonds is 7. The molecule has 7 nitrogen and oxygen atoms in total. The lowest BCUT2D eigenvalue weighted by atomic mass is 9.88. The lowest BCUT2D eigenvalue weighted by molar-refractivity contribution is -0.146. The number of esters is 1. The van der Waals surface area contributed by atoms with Gasteiger partial charge in [0.2, 0.25) is 0 Å². The number of nitrogens with zero attached hydrogens (tertiary/aromatic N) is 2. The van der Waals surface area contributed by atoms with Crippen LogP contribution in [-0.2, 0) is 14.3 Å². The van der Waals surface area contributed by atoms with Crippen molar-refractivity contribution < 1.29 is 14.3 Å². The van der Waals surface area contributed by atoms with E-state index in [1.54, 1.807) is 0 Å². The van der Waals surface area contributed by atoms with Gasteiger partial charge in [-0.25, -0.2) is 0 Å². The quantitative estimate of drug-likeness (QED) is 0.232. The molecule has 0 saturated carbocycles. The monoisotopic (exact) mass is 558 g/mol. The highest BCUT2D eigenvalue weighted by atomic mass is 127. The first-order chi connectivity index (χ1) is 15.1. The number of aliphatic imine (C=N–C) groups is 1.